The van der Waals surface area contributed by atoms with Crippen LogP contribution in [0.4, 0.5) is 4.79 Å². The number of hydrogen-bond acceptors (Lipinski definition) is 4. The summed E-state index contributed by atoms with van der Waals surface area (Å²) in [6.45, 7) is 4.81. The van der Waals surface area contributed by atoms with Gasteiger partial charge in [0, 0.05) is 11.4 Å². The summed E-state index contributed by atoms with van der Waals surface area (Å²) in [5.74, 6) is -0.967. The van der Waals surface area contributed by atoms with E-state index in [4.69, 9.17) is 9.72 Å². The van der Waals surface area contributed by atoms with Crippen LogP contribution in [0.15, 0.2) is 12.1 Å². The maximum absolute atomic E-state index is 12.6. The van der Waals surface area contributed by atoms with Gasteiger partial charge in [0.25, 0.3) is 0 Å². The van der Waals surface area contributed by atoms with Crippen molar-refractivity contribution in [2.24, 2.45) is 0 Å². The molecule has 2 heterocycles. The molecule has 0 radical (unpaired) electrons. The lowest BCUT2D eigenvalue weighted by molar-refractivity contribution is -0.139. The van der Waals surface area contributed by atoms with Crippen molar-refractivity contribution in [3.63, 3.8) is 0 Å². The average molecular weight is 446 g/mol. The number of unbranched alkanes of at least 4 members (excludes halogenated alkanes) is 4. The number of ether oxygens (including phenoxy) is 1. The highest BCUT2D eigenvalue weighted by atomic mass is 16.5. The first-order valence-electron chi connectivity index (χ1n) is 12.3. The van der Waals surface area contributed by atoms with Crippen LogP contribution < -0.4 is 5.32 Å². The van der Waals surface area contributed by atoms with Crippen molar-refractivity contribution in [1.29, 1.82) is 0 Å². The number of carbonyl (C=O) groups is 2. The number of carboxylic acid groups (broad SMARTS) is 1. The predicted molar refractivity (Wildman–Crippen MR) is 124 cm³/mol. The van der Waals surface area contributed by atoms with E-state index in [2.05, 4.69) is 17.4 Å². The molecule has 32 heavy (non-hydrogen) atoms. The molecule has 0 aromatic carbocycles. The molecule has 1 saturated heterocycles. The highest BCUT2D eigenvalue weighted by Crippen LogP contribution is 2.20. The number of aliphatic carboxylic acids is 1. The second-order valence-corrected chi connectivity index (χ2v) is 9.41. The number of amides is 2. The number of rotatable bonds is 10. The Morgan fingerprint density at radius 3 is 2.53 bits per heavy atom. The molecule has 1 aromatic heterocycles. The van der Waals surface area contributed by atoms with Crippen molar-refractivity contribution < 1.29 is 19.4 Å². The Balaban J connectivity index is 1.32. The number of pyridine rings is 1. The largest absolute Gasteiger partial charge is 0.480 e. The van der Waals surface area contributed by atoms with Crippen LogP contribution in [0.2, 0.25) is 0 Å². The fourth-order valence-electron chi connectivity index (χ4n) is 4.84. The van der Waals surface area contributed by atoms with Crippen LogP contribution in [0, 0.1) is 0 Å². The van der Waals surface area contributed by atoms with Gasteiger partial charge in [0.2, 0.25) is 0 Å². The van der Waals surface area contributed by atoms with Gasteiger partial charge >= 0.3 is 12.0 Å². The van der Waals surface area contributed by atoms with Crippen LogP contribution in [-0.4, -0.2) is 58.3 Å². The first kappa shape index (κ1) is 24.5. The van der Waals surface area contributed by atoms with E-state index in [1.807, 2.05) is 13.8 Å². The SMILES string of the molecule is C[C@@H]1COC[C@H](C)N1C(=O)N[C@@H](CCCCCCCc1ccc2c(n1)CCCC2)C(=O)O. The van der Waals surface area contributed by atoms with Crippen molar-refractivity contribution in [2.45, 2.75) is 103 Å². The van der Waals surface area contributed by atoms with E-state index in [0.717, 1.165) is 44.9 Å². The summed E-state index contributed by atoms with van der Waals surface area (Å²) in [6, 6.07) is 3.18. The minimum absolute atomic E-state index is 0.0576. The summed E-state index contributed by atoms with van der Waals surface area (Å²) in [6.07, 6.45) is 11.4. The second kappa shape index (κ2) is 12.2. The van der Waals surface area contributed by atoms with Gasteiger partial charge in [0.1, 0.15) is 6.04 Å². The zero-order valence-corrected chi connectivity index (χ0v) is 19.6. The molecule has 7 heteroatoms. The number of aromatic nitrogens is 1. The third-order valence-electron chi connectivity index (χ3n) is 6.66. The summed E-state index contributed by atoms with van der Waals surface area (Å²) in [5, 5.41) is 12.3. The molecule has 3 atom stereocenters. The van der Waals surface area contributed by atoms with Crippen molar-refractivity contribution in [3.8, 4) is 0 Å². The molecule has 1 fully saturated rings. The quantitative estimate of drug-likeness (QED) is 0.529. The van der Waals surface area contributed by atoms with E-state index in [1.165, 1.54) is 36.2 Å². The van der Waals surface area contributed by atoms with Gasteiger partial charge < -0.3 is 20.1 Å². The first-order chi connectivity index (χ1) is 15.5. The average Bonchev–Trinajstić information content (AvgIpc) is 2.77. The van der Waals surface area contributed by atoms with Gasteiger partial charge in [0.05, 0.1) is 25.3 Å². The van der Waals surface area contributed by atoms with E-state index >= 15 is 0 Å². The molecule has 2 amide bonds. The van der Waals surface area contributed by atoms with Gasteiger partial charge in [-0.15, -0.1) is 0 Å². The van der Waals surface area contributed by atoms with Crippen LogP contribution in [0.25, 0.3) is 0 Å². The van der Waals surface area contributed by atoms with Gasteiger partial charge in [0.15, 0.2) is 0 Å². The fraction of sp³-hybridized carbons (Fsp3) is 0.720. The lowest BCUT2D eigenvalue weighted by Crippen LogP contribution is -2.58. The van der Waals surface area contributed by atoms with Gasteiger partial charge in [-0.25, -0.2) is 9.59 Å². The molecule has 2 N–H and O–H groups in total. The Hall–Kier alpha value is -2.15. The number of carbonyl (C=O) groups excluding carboxylic acids is 1. The van der Waals surface area contributed by atoms with E-state index in [9.17, 15) is 14.7 Å². The van der Waals surface area contributed by atoms with Gasteiger partial charge in [-0.2, -0.15) is 0 Å². The van der Waals surface area contributed by atoms with Gasteiger partial charge in [-0.3, -0.25) is 4.98 Å². The number of aryl methyl sites for hydroxylation is 3. The number of morpholine rings is 1. The molecule has 0 spiro atoms. The molecule has 0 saturated carbocycles. The fourth-order valence-corrected chi connectivity index (χ4v) is 4.84. The lowest BCUT2D eigenvalue weighted by atomic mass is 9.95. The van der Waals surface area contributed by atoms with Crippen LogP contribution in [0.3, 0.4) is 0 Å². The van der Waals surface area contributed by atoms with E-state index in [-0.39, 0.29) is 18.1 Å². The van der Waals surface area contributed by atoms with Gasteiger partial charge in [-0.1, -0.05) is 31.7 Å². The molecule has 1 aliphatic heterocycles. The highest BCUT2D eigenvalue weighted by Gasteiger charge is 2.32. The smallest absolute Gasteiger partial charge is 0.326 e. The summed E-state index contributed by atoms with van der Waals surface area (Å²) >= 11 is 0. The topological polar surface area (TPSA) is 91.8 Å². The molecule has 0 unspecified atom stereocenters. The Bertz CT molecular complexity index is 760. The van der Waals surface area contributed by atoms with E-state index < -0.39 is 12.0 Å². The molecule has 7 nitrogen and oxygen atoms in total. The molecule has 178 valence electrons. The molecule has 1 aromatic rings. The molecular formula is C25H39N3O4. The number of urea groups is 1. The van der Waals surface area contributed by atoms with E-state index in [0.29, 0.717) is 19.6 Å². The third kappa shape index (κ3) is 6.92. The van der Waals surface area contributed by atoms with Crippen LogP contribution >= 0.6 is 0 Å². The Kier molecular flexibility index (Phi) is 9.33. The predicted octanol–water partition coefficient (Wildman–Crippen LogP) is 4.12. The van der Waals surface area contributed by atoms with E-state index in [1.54, 1.807) is 4.90 Å². The molecular weight excluding hydrogens is 406 g/mol. The maximum atomic E-state index is 12.6. The zero-order valence-electron chi connectivity index (χ0n) is 19.6. The minimum Gasteiger partial charge on any atom is -0.480 e. The highest BCUT2D eigenvalue weighted by molar-refractivity contribution is 5.82. The molecule has 2 aliphatic rings. The van der Waals surface area contributed by atoms with Crippen molar-refractivity contribution >= 4 is 12.0 Å². The lowest BCUT2D eigenvalue weighted by Gasteiger charge is -2.39. The number of hydrogen-bond donors (Lipinski definition) is 2. The first-order valence-corrected chi connectivity index (χ1v) is 12.3. The molecule has 3 rings (SSSR count). The van der Waals surface area contributed by atoms with Crippen molar-refractivity contribution in [1.82, 2.24) is 15.2 Å². The molecule has 1 aliphatic carbocycles. The minimum atomic E-state index is -0.967. The standard InChI is InChI=1S/C25H39N3O4/c1-18-16-32-17-19(2)28(18)25(31)27-23(24(29)30)13-7-5-3-4-6-11-21-15-14-20-10-8-9-12-22(20)26-21/h14-15,18-19,23H,3-13,16-17H2,1-2H3,(H,27,31)(H,29,30)/t18-,19+,23-/m0/s1. The van der Waals surface area contributed by atoms with Crippen LogP contribution in [0.1, 0.15) is 82.2 Å². The summed E-state index contributed by atoms with van der Waals surface area (Å²) in [4.78, 5) is 30.8. The number of nitrogens with zero attached hydrogens (tertiary/aromatic N) is 2. The number of nitrogens with one attached hydrogen (secondary N) is 1. The van der Waals surface area contributed by atoms with Gasteiger partial charge in [-0.05, 0) is 70.4 Å². The summed E-state index contributed by atoms with van der Waals surface area (Å²) in [7, 11) is 0. The van der Waals surface area contributed by atoms with Crippen molar-refractivity contribution in [2.75, 3.05) is 13.2 Å². The monoisotopic (exact) mass is 445 g/mol. The van der Waals surface area contributed by atoms with Crippen molar-refractivity contribution in [3.05, 3.63) is 29.1 Å². The third-order valence-corrected chi connectivity index (χ3v) is 6.66. The Labute approximate surface area is 191 Å². The zero-order chi connectivity index (χ0) is 22.9. The van der Waals surface area contributed by atoms with Crippen LogP contribution in [0.5, 0.6) is 0 Å². The number of carboxylic acids is 1. The summed E-state index contributed by atoms with van der Waals surface area (Å²) in [5.41, 5.74) is 3.93. The Morgan fingerprint density at radius 1 is 1.09 bits per heavy atom. The van der Waals surface area contributed by atoms with Crippen LogP contribution in [-0.2, 0) is 28.8 Å². The molecule has 0 bridgehead atoms. The Morgan fingerprint density at radius 2 is 1.78 bits per heavy atom. The normalized spacial score (nSPS) is 21.6. The maximum Gasteiger partial charge on any atom is 0.326 e. The second-order valence-electron chi connectivity index (χ2n) is 9.41. The number of fused-ring (bicyclic) bond motifs is 1. The summed E-state index contributed by atoms with van der Waals surface area (Å²) < 4.78 is 5.45.